The Morgan fingerprint density at radius 2 is 1.54 bits per heavy atom. The van der Waals surface area contributed by atoms with Gasteiger partial charge in [-0.3, -0.25) is 4.40 Å². The summed E-state index contributed by atoms with van der Waals surface area (Å²) in [6, 6.07) is 14.4. The van der Waals surface area contributed by atoms with Gasteiger partial charge in [-0.2, -0.15) is 0 Å². The van der Waals surface area contributed by atoms with Gasteiger partial charge in [0.25, 0.3) is 0 Å². The van der Waals surface area contributed by atoms with Crippen molar-refractivity contribution in [3.05, 3.63) is 54.9 Å². The first-order valence-corrected chi connectivity index (χ1v) is 11.5. The van der Waals surface area contributed by atoms with Crippen molar-refractivity contribution in [3.8, 4) is 45.5 Å². The van der Waals surface area contributed by atoms with Gasteiger partial charge in [0.15, 0.2) is 23.1 Å². The van der Waals surface area contributed by atoms with Crippen molar-refractivity contribution in [3.63, 3.8) is 0 Å². The molecule has 178 valence electrons. The number of aromatic nitrogens is 4. The third-order valence-corrected chi connectivity index (χ3v) is 6.43. The highest BCUT2D eigenvalue weighted by Crippen LogP contribution is 2.42. The Labute approximate surface area is 202 Å². The SMILES string of the molecule is COc1cc(-c2nnc3c(OC4CC4)cc(-c4ccc5c(ccn5C)c4)cn23)cc(OC)c1OC. The van der Waals surface area contributed by atoms with E-state index in [2.05, 4.69) is 64.5 Å². The molecule has 2 aromatic carbocycles. The lowest BCUT2D eigenvalue weighted by atomic mass is 10.1. The minimum absolute atomic E-state index is 0.229. The number of rotatable bonds is 7. The second kappa shape index (κ2) is 8.23. The van der Waals surface area contributed by atoms with E-state index in [0.717, 1.165) is 35.3 Å². The fourth-order valence-corrected chi connectivity index (χ4v) is 4.44. The van der Waals surface area contributed by atoms with Gasteiger partial charge in [-0.1, -0.05) is 6.07 Å². The maximum absolute atomic E-state index is 6.27. The fraction of sp³-hybridized carbons (Fsp3) is 0.259. The Bertz CT molecular complexity index is 1540. The lowest BCUT2D eigenvalue weighted by molar-refractivity contribution is 0.305. The molecule has 1 aliphatic carbocycles. The molecular formula is C27H26N4O4. The molecule has 6 rings (SSSR count). The van der Waals surface area contributed by atoms with E-state index in [1.807, 2.05) is 16.5 Å². The molecule has 0 spiro atoms. The summed E-state index contributed by atoms with van der Waals surface area (Å²) in [6.45, 7) is 0. The Morgan fingerprint density at radius 1 is 0.800 bits per heavy atom. The van der Waals surface area contributed by atoms with Crippen LogP contribution in [-0.2, 0) is 7.05 Å². The van der Waals surface area contributed by atoms with E-state index < -0.39 is 0 Å². The monoisotopic (exact) mass is 470 g/mol. The molecular weight excluding hydrogens is 444 g/mol. The number of nitrogens with zero attached hydrogens (tertiary/aromatic N) is 4. The number of ether oxygens (including phenoxy) is 4. The molecule has 35 heavy (non-hydrogen) atoms. The van der Waals surface area contributed by atoms with Crippen molar-refractivity contribution in [1.29, 1.82) is 0 Å². The molecule has 8 heteroatoms. The normalized spacial score (nSPS) is 13.4. The smallest absolute Gasteiger partial charge is 0.203 e. The van der Waals surface area contributed by atoms with E-state index in [1.165, 1.54) is 10.9 Å². The molecule has 8 nitrogen and oxygen atoms in total. The van der Waals surface area contributed by atoms with Crippen LogP contribution in [0.15, 0.2) is 54.9 Å². The lowest BCUT2D eigenvalue weighted by Crippen LogP contribution is -2.01. The minimum Gasteiger partial charge on any atom is -0.493 e. The van der Waals surface area contributed by atoms with Crippen LogP contribution in [0.4, 0.5) is 0 Å². The molecule has 0 atom stereocenters. The zero-order valence-corrected chi connectivity index (χ0v) is 20.1. The second-order valence-corrected chi connectivity index (χ2v) is 8.74. The summed E-state index contributed by atoms with van der Waals surface area (Å²) in [5, 5.41) is 10.2. The average molecular weight is 471 g/mol. The van der Waals surface area contributed by atoms with Gasteiger partial charge in [-0.25, -0.2) is 0 Å². The molecule has 1 aliphatic rings. The zero-order chi connectivity index (χ0) is 24.1. The first-order chi connectivity index (χ1) is 17.1. The molecule has 0 bridgehead atoms. The summed E-state index contributed by atoms with van der Waals surface area (Å²) in [5.74, 6) is 3.02. The molecule has 5 aromatic rings. The molecule has 0 amide bonds. The lowest BCUT2D eigenvalue weighted by Gasteiger charge is -2.14. The first-order valence-electron chi connectivity index (χ1n) is 11.5. The van der Waals surface area contributed by atoms with Crippen LogP contribution in [0, 0.1) is 0 Å². The number of aryl methyl sites for hydroxylation is 1. The van der Waals surface area contributed by atoms with Crippen molar-refractivity contribution < 1.29 is 18.9 Å². The van der Waals surface area contributed by atoms with Gasteiger partial charge in [-0.05, 0) is 54.8 Å². The standard InChI is InChI=1S/C27H26N4O4/c1-30-10-9-17-11-16(5-8-21(17)30)19-14-24(35-20-6-7-20)27-29-28-26(31(27)15-19)18-12-22(32-2)25(34-4)23(13-18)33-3/h5,8-15,20H,6-7H2,1-4H3. The van der Waals surface area contributed by atoms with Crippen molar-refractivity contribution in [2.75, 3.05) is 21.3 Å². The van der Waals surface area contributed by atoms with E-state index in [-0.39, 0.29) is 6.10 Å². The van der Waals surface area contributed by atoms with Gasteiger partial charge in [0.2, 0.25) is 11.4 Å². The van der Waals surface area contributed by atoms with Gasteiger partial charge in [-0.15, -0.1) is 10.2 Å². The number of benzene rings is 2. The summed E-state index contributed by atoms with van der Waals surface area (Å²) >= 11 is 0. The molecule has 0 saturated heterocycles. The third kappa shape index (κ3) is 3.62. The Balaban J connectivity index is 1.55. The third-order valence-electron chi connectivity index (χ3n) is 6.43. The number of fused-ring (bicyclic) bond motifs is 2. The van der Waals surface area contributed by atoms with Crippen molar-refractivity contribution >= 4 is 16.6 Å². The van der Waals surface area contributed by atoms with E-state index in [9.17, 15) is 0 Å². The molecule has 0 N–H and O–H groups in total. The summed E-state index contributed by atoms with van der Waals surface area (Å²) in [4.78, 5) is 0. The average Bonchev–Trinajstić information content (AvgIpc) is 3.47. The maximum atomic E-state index is 6.27. The van der Waals surface area contributed by atoms with Crippen LogP contribution in [0.2, 0.25) is 0 Å². The molecule has 0 radical (unpaired) electrons. The van der Waals surface area contributed by atoms with Crippen LogP contribution in [0.5, 0.6) is 23.0 Å². The van der Waals surface area contributed by atoms with Crippen LogP contribution in [0.3, 0.4) is 0 Å². The van der Waals surface area contributed by atoms with E-state index in [4.69, 9.17) is 18.9 Å². The largest absolute Gasteiger partial charge is 0.493 e. The van der Waals surface area contributed by atoms with Crippen LogP contribution in [-0.4, -0.2) is 46.6 Å². The Kier molecular flexibility index (Phi) is 5.02. The molecule has 3 aromatic heterocycles. The highest BCUT2D eigenvalue weighted by atomic mass is 16.5. The van der Waals surface area contributed by atoms with E-state index in [0.29, 0.717) is 28.7 Å². The highest BCUT2D eigenvalue weighted by molar-refractivity contribution is 5.86. The van der Waals surface area contributed by atoms with Crippen LogP contribution >= 0.6 is 0 Å². The van der Waals surface area contributed by atoms with Crippen molar-refractivity contribution in [2.24, 2.45) is 7.05 Å². The minimum atomic E-state index is 0.229. The quantitative estimate of drug-likeness (QED) is 0.329. The van der Waals surface area contributed by atoms with Crippen molar-refractivity contribution in [2.45, 2.75) is 18.9 Å². The van der Waals surface area contributed by atoms with Gasteiger partial charge >= 0.3 is 0 Å². The highest BCUT2D eigenvalue weighted by Gasteiger charge is 2.26. The van der Waals surface area contributed by atoms with Crippen LogP contribution in [0.25, 0.3) is 39.1 Å². The predicted octanol–water partition coefficient (Wildman–Crippen LogP) is 5.12. The first kappa shape index (κ1) is 21.3. The predicted molar refractivity (Wildman–Crippen MR) is 134 cm³/mol. The molecule has 0 aliphatic heterocycles. The molecule has 1 saturated carbocycles. The van der Waals surface area contributed by atoms with Gasteiger partial charge in [0.1, 0.15) is 0 Å². The molecule has 3 heterocycles. The number of methoxy groups -OCH3 is 3. The fourth-order valence-electron chi connectivity index (χ4n) is 4.44. The van der Waals surface area contributed by atoms with Crippen LogP contribution < -0.4 is 18.9 Å². The van der Waals surface area contributed by atoms with Crippen LogP contribution in [0.1, 0.15) is 12.8 Å². The number of pyridine rings is 1. The van der Waals surface area contributed by atoms with E-state index >= 15 is 0 Å². The second-order valence-electron chi connectivity index (χ2n) is 8.74. The molecule has 1 fully saturated rings. The topological polar surface area (TPSA) is 72.0 Å². The van der Waals surface area contributed by atoms with Gasteiger partial charge in [0.05, 0.1) is 27.4 Å². The Morgan fingerprint density at radius 3 is 2.23 bits per heavy atom. The Hall–Kier alpha value is -4.20. The summed E-state index contributed by atoms with van der Waals surface area (Å²) in [6.07, 6.45) is 6.46. The zero-order valence-electron chi connectivity index (χ0n) is 20.1. The number of hydrogen-bond acceptors (Lipinski definition) is 6. The summed E-state index contributed by atoms with van der Waals surface area (Å²) < 4.78 is 27.0. The summed E-state index contributed by atoms with van der Waals surface area (Å²) in [7, 11) is 6.84. The maximum Gasteiger partial charge on any atom is 0.203 e. The van der Waals surface area contributed by atoms with E-state index in [1.54, 1.807) is 21.3 Å². The summed E-state index contributed by atoms with van der Waals surface area (Å²) in [5.41, 5.74) is 4.76. The van der Waals surface area contributed by atoms with Gasteiger partial charge < -0.3 is 23.5 Å². The van der Waals surface area contributed by atoms with Gasteiger partial charge in [0, 0.05) is 41.5 Å². The van der Waals surface area contributed by atoms with Crippen molar-refractivity contribution in [1.82, 2.24) is 19.2 Å². The number of hydrogen-bond donors (Lipinski definition) is 0. The molecule has 0 unspecified atom stereocenters.